The van der Waals surface area contributed by atoms with Crippen LogP contribution in [-0.2, 0) is 0 Å². The summed E-state index contributed by atoms with van der Waals surface area (Å²) in [5, 5.41) is 2.92. The minimum Gasteiger partial charge on any atom is -0.351 e. The Bertz CT molecular complexity index is 393. The Morgan fingerprint density at radius 1 is 1.47 bits per heavy atom. The highest BCUT2D eigenvalue weighted by Gasteiger charge is 2.10. The van der Waals surface area contributed by atoms with Gasteiger partial charge in [-0.05, 0) is 48.1 Å². The van der Waals surface area contributed by atoms with E-state index in [9.17, 15) is 4.79 Å². The summed E-state index contributed by atoms with van der Waals surface area (Å²) in [7, 11) is 2.04. The Hall–Kier alpha value is -0.870. The molecule has 0 aliphatic heterocycles. The van der Waals surface area contributed by atoms with E-state index >= 15 is 0 Å². The maximum atomic E-state index is 11.9. The van der Waals surface area contributed by atoms with Gasteiger partial charge in [-0.1, -0.05) is 19.1 Å². The third-order valence-corrected chi connectivity index (χ3v) is 3.81. The van der Waals surface area contributed by atoms with Crippen LogP contribution in [0.25, 0.3) is 0 Å². The number of aryl methyl sites for hydroxylation is 1. The third-order valence-electron chi connectivity index (χ3n) is 2.76. The molecule has 17 heavy (non-hydrogen) atoms. The number of nitrogens with zero attached hydrogens (tertiary/aromatic N) is 1. The van der Waals surface area contributed by atoms with Gasteiger partial charge in [0.05, 0.1) is 5.56 Å². The average molecular weight is 299 g/mol. The van der Waals surface area contributed by atoms with Crippen molar-refractivity contribution >= 4 is 21.8 Å². The topological polar surface area (TPSA) is 32.3 Å². The van der Waals surface area contributed by atoms with Gasteiger partial charge in [-0.15, -0.1) is 0 Å². The molecule has 0 fully saturated rings. The minimum absolute atomic E-state index is 0.0231. The second-order valence-corrected chi connectivity index (χ2v) is 4.88. The van der Waals surface area contributed by atoms with E-state index in [1.54, 1.807) is 0 Å². The molecule has 0 bridgehead atoms. The Morgan fingerprint density at radius 2 is 2.18 bits per heavy atom. The molecule has 0 radical (unpaired) electrons. The molecule has 0 saturated carbocycles. The summed E-state index contributed by atoms with van der Waals surface area (Å²) in [6.45, 7) is 6.60. The van der Waals surface area contributed by atoms with Crippen LogP contribution in [0.15, 0.2) is 22.7 Å². The number of rotatable bonds is 5. The van der Waals surface area contributed by atoms with E-state index in [0.717, 1.165) is 23.1 Å². The van der Waals surface area contributed by atoms with E-state index in [1.165, 1.54) is 0 Å². The first-order chi connectivity index (χ1) is 8.06. The zero-order chi connectivity index (χ0) is 12.8. The first-order valence-corrected chi connectivity index (χ1v) is 6.57. The predicted molar refractivity (Wildman–Crippen MR) is 74.4 cm³/mol. The number of hydrogen-bond acceptors (Lipinski definition) is 2. The molecule has 0 aliphatic rings. The molecule has 3 nitrogen and oxygen atoms in total. The molecule has 4 heteroatoms. The number of halogens is 1. The van der Waals surface area contributed by atoms with E-state index in [4.69, 9.17) is 0 Å². The predicted octanol–water partition coefficient (Wildman–Crippen LogP) is 2.44. The SMILES string of the molecule is CCN(C)CCNC(=O)c1cccc(C)c1Br. The summed E-state index contributed by atoms with van der Waals surface area (Å²) in [5.41, 5.74) is 1.77. The lowest BCUT2D eigenvalue weighted by molar-refractivity contribution is 0.0949. The molecular formula is C13H19BrN2O. The normalized spacial score (nSPS) is 10.6. The highest BCUT2D eigenvalue weighted by molar-refractivity contribution is 9.10. The zero-order valence-electron chi connectivity index (χ0n) is 10.6. The summed E-state index contributed by atoms with van der Waals surface area (Å²) in [6.07, 6.45) is 0. The second-order valence-electron chi connectivity index (χ2n) is 4.09. The Balaban J connectivity index is 2.56. The van der Waals surface area contributed by atoms with Gasteiger partial charge < -0.3 is 10.2 Å². The van der Waals surface area contributed by atoms with Gasteiger partial charge >= 0.3 is 0 Å². The van der Waals surface area contributed by atoms with Crippen LogP contribution in [0.5, 0.6) is 0 Å². The van der Waals surface area contributed by atoms with Crippen molar-refractivity contribution in [2.45, 2.75) is 13.8 Å². The molecule has 0 atom stereocenters. The van der Waals surface area contributed by atoms with Crippen molar-refractivity contribution in [3.63, 3.8) is 0 Å². The quantitative estimate of drug-likeness (QED) is 0.905. The van der Waals surface area contributed by atoms with Gasteiger partial charge in [-0.3, -0.25) is 4.79 Å². The molecule has 1 amide bonds. The number of hydrogen-bond donors (Lipinski definition) is 1. The van der Waals surface area contributed by atoms with Gasteiger partial charge in [-0.25, -0.2) is 0 Å². The number of likely N-dealkylation sites (N-methyl/N-ethyl adjacent to an activating group) is 1. The van der Waals surface area contributed by atoms with Crippen molar-refractivity contribution in [1.29, 1.82) is 0 Å². The van der Waals surface area contributed by atoms with Crippen LogP contribution in [0.2, 0.25) is 0 Å². The summed E-state index contributed by atoms with van der Waals surface area (Å²) in [4.78, 5) is 14.1. The highest BCUT2D eigenvalue weighted by atomic mass is 79.9. The largest absolute Gasteiger partial charge is 0.351 e. The van der Waals surface area contributed by atoms with Crippen LogP contribution in [0, 0.1) is 6.92 Å². The lowest BCUT2D eigenvalue weighted by atomic mass is 10.1. The maximum Gasteiger partial charge on any atom is 0.252 e. The fourth-order valence-corrected chi connectivity index (χ4v) is 1.88. The first-order valence-electron chi connectivity index (χ1n) is 5.78. The summed E-state index contributed by atoms with van der Waals surface area (Å²) < 4.78 is 0.876. The van der Waals surface area contributed by atoms with Crippen LogP contribution in [0.4, 0.5) is 0 Å². The van der Waals surface area contributed by atoms with Crippen molar-refractivity contribution in [2.75, 3.05) is 26.7 Å². The van der Waals surface area contributed by atoms with Crippen LogP contribution >= 0.6 is 15.9 Å². The molecule has 0 aliphatic carbocycles. The fourth-order valence-electron chi connectivity index (χ4n) is 1.44. The van der Waals surface area contributed by atoms with Crippen LogP contribution < -0.4 is 5.32 Å². The smallest absolute Gasteiger partial charge is 0.252 e. The van der Waals surface area contributed by atoms with Gasteiger partial charge in [-0.2, -0.15) is 0 Å². The molecule has 1 aromatic carbocycles. The monoisotopic (exact) mass is 298 g/mol. The van der Waals surface area contributed by atoms with E-state index < -0.39 is 0 Å². The van der Waals surface area contributed by atoms with E-state index in [-0.39, 0.29) is 5.91 Å². The van der Waals surface area contributed by atoms with Gasteiger partial charge in [0.25, 0.3) is 5.91 Å². The van der Waals surface area contributed by atoms with Crippen molar-refractivity contribution < 1.29 is 4.79 Å². The number of amides is 1. The van der Waals surface area contributed by atoms with Gasteiger partial charge in [0.2, 0.25) is 0 Å². The molecule has 94 valence electrons. The van der Waals surface area contributed by atoms with Crippen molar-refractivity contribution in [3.8, 4) is 0 Å². The van der Waals surface area contributed by atoms with Crippen molar-refractivity contribution in [3.05, 3.63) is 33.8 Å². The molecule has 0 heterocycles. The van der Waals surface area contributed by atoms with E-state index in [1.807, 2.05) is 32.2 Å². The summed E-state index contributed by atoms with van der Waals surface area (Å²) >= 11 is 3.44. The minimum atomic E-state index is -0.0231. The lowest BCUT2D eigenvalue weighted by Crippen LogP contribution is -2.33. The molecule has 1 rings (SSSR count). The average Bonchev–Trinajstić information content (AvgIpc) is 2.32. The fraction of sp³-hybridized carbons (Fsp3) is 0.462. The highest BCUT2D eigenvalue weighted by Crippen LogP contribution is 2.20. The van der Waals surface area contributed by atoms with Crippen LogP contribution in [-0.4, -0.2) is 37.5 Å². The summed E-state index contributed by atoms with van der Waals surface area (Å²) in [5.74, 6) is -0.0231. The van der Waals surface area contributed by atoms with Crippen LogP contribution in [0.1, 0.15) is 22.8 Å². The second kappa shape index (κ2) is 6.77. The molecule has 0 aromatic heterocycles. The molecule has 0 spiro atoms. The maximum absolute atomic E-state index is 11.9. The molecular weight excluding hydrogens is 280 g/mol. The zero-order valence-corrected chi connectivity index (χ0v) is 12.2. The van der Waals surface area contributed by atoms with Gasteiger partial charge in [0.1, 0.15) is 0 Å². The molecule has 0 saturated heterocycles. The van der Waals surface area contributed by atoms with Crippen molar-refractivity contribution in [1.82, 2.24) is 10.2 Å². The van der Waals surface area contributed by atoms with Gasteiger partial charge in [0, 0.05) is 17.6 Å². The Labute approximate surface area is 111 Å². The number of carbonyl (C=O) groups excluding carboxylic acids is 1. The summed E-state index contributed by atoms with van der Waals surface area (Å²) in [6, 6.07) is 5.70. The van der Waals surface area contributed by atoms with E-state index in [2.05, 4.69) is 33.1 Å². The number of benzene rings is 1. The molecule has 1 N–H and O–H groups in total. The van der Waals surface area contributed by atoms with E-state index in [0.29, 0.717) is 12.1 Å². The number of carbonyl (C=O) groups is 1. The molecule has 0 unspecified atom stereocenters. The van der Waals surface area contributed by atoms with Crippen LogP contribution in [0.3, 0.4) is 0 Å². The standard InChI is InChI=1S/C13H19BrN2O/c1-4-16(3)9-8-15-13(17)11-7-5-6-10(2)12(11)14/h5-7H,4,8-9H2,1-3H3,(H,15,17). The first kappa shape index (κ1) is 14.2. The number of nitrogens with one attached hydrogen (secondary N) is 1. The Morgan fingerprint density at radius 3 is 2.82 bits per heavy atom. The van der Waals surface area contributed by atoms with Crippen molar-refractivity contribution in [2.24, 2.45) is 0 Å². The Kier molecular flexibility index (Phi) is 5.65. The lowest BCUT2D eigenvalue weighted by Gasteiger charge is -2.14. The third kappa shape index (κ3) is 4.13. The molecule has 1 aromatic rings. The van der Waals surface area contributed by atoms with Gasteiger partial charge in [0.15, 0.2) is 0 Å².